The molecule has 4 nitrogen and oxygen atoms in total. The molecule has 1 fully saturated rings. The van der Waals surface area contributed by atoms with Crippen LogP contribution in [-0.2, 0) is 0 Å². The summed E-state index contributed by atoms with van der Waals surface area (Å²) in [6.45, 7) is 2.04. The minimum Gasteiger partial charge on any atom is -0.467 e. The van der Waals surface area contributed by atoms with Crippen LogP contribution in [0, 0.1) is 0 Å². The van der Waals surface area contributed by atoms with Gasteiger partial charge in [-0.05, 0) is 51.2 Å². The number of furan rings is 1. The molecule has 20 heavy (non-hydrogen) atoms. The van der Waals surface area contributed by atoms with Crippen molar-refractivity contribution in [3.05, 3.63) is 36.3 Å². The van der Waals surface area contributed by atoms with E-state index in [4.69, 9.17) is 4.42 Å². The first-order valence-corrected chi connectivity index (χ1v) is 7.53. The molecule has 2 aliphatic rings. The number of hydrogen-bond donors (Lipinski definition) is 1. The third-order valence-corrected chi connectivity index (χ3v) is 4.14. The van der Waals surface area contributed by atoms with Crippen molar-refractivity contribution < 1.29 is 9.21 Å². The van der Waals surface area contributed by atoms with Crippen molar-refractivity contribution in [2.24, 2.45) is 0 Å². The van der Waals surface area contributed by atoms with Crippen LogP contribution in [0.2, 0.25) is 0 Å². The van der Waals surface area contributed by atoms with Gasteiger partial charge in [-0.15, -0.1) is 0 Å². The van der Waals surface area contributed by atoms with E-state index in [1.807, 2.05) is 24.0 Å². The minimum absolute atomic E-state index is 0.00312. The van der Waals surface area contributed by atoms with E-state index in [1.165, 1.54) is 0 Å². The Morgan fingerprint density at radius 2 is 2.25 bits per heavy atom. The minimum atomic E-state index is -0.00312. The van der Waals surface area contributed by atoms with Gasteiger partial charge in [0.25, 0.3) is 0 Å². The molecule has 0 aromatic carbocycles. The smallest absolute Gasteiger partial charge is 0.318 e. The normalized spacial score (nSPS) is 23.4. The molecule has 1 aromatic heterocycles. The maximum atomic E-state index is 12.6. The van der Waals surface area contributed by atoms with E-state index in [0.717, 1.165) is 37.9 Å². The molecule has 0 saturated heterocycles. The Kier molecular flexibility index (Phi) is 3.81. The standard InChI is InChI=1S/C16H22N2O2/c1-12(15-8-5-11-20-15)18(14-9-10-14)16(19)17-13-6-3-2-4-7-13/h2-3,5,8,11-14H,4,6-7,9-10H2,1H3,(H,17,19)/t12-,13-/m1/s1. The molecule has 1 aromatic rings. The maximum Gasteiger partial charge on any atom is 0.318 e. The zero-order valence-electron chi connectivity index (χ0n) is 11.9. The van der Waals surface area contributed by atoms with Crippen molar-refractivity contribution in [2.45, 2.75) is 57.2 Å². The largest absolute Gasteiger partial charge is 0.467 e. The number of hydrogen-bond acceptors (Lipinski definition) is 2. The van der Waals surface area contributed by atoms with Gasteiger partial charge in [0, 0.05) is 12.1 Å². The average Bonchev–Trinajstić information content (AvgIpc) is 3.12. The summed E-state index contributed by atoms with van der Waals surface area (Å²) in [6, 6.07) is 4.51. The summed E-state index contributed by atoms with van der Waals surface area (Å²) < 4.78 is 5.46. The molecular formula is C16H22N2O2. The summed E-state index contributed by atoms with van der Waals surface area (Å²) in [5.41, 5.74) is 0. The second kappa shape index (κ2) is 5.73. The first kappa shape index (κ1) is 13.3. The number of carbonyl (C=O) groups is 1. The lowest BCUT2D eigenvalue weighted by Gasteiger charge is -2.30. The lowest BCUT2D eigenvalue weighted by Crippen LogP contribution is -2.47. The Labute approximate surface area is 119 Å². The van der Waals surface area contributed by atoms with Crippen LogP contribution in [0.3, 0.4) is 0 Å². The van der Waals surface area contributed by atoms with Gasteiger partial charge in [-0.3, -0.25) is 0 Å². The fraction of sp³-hybridized carbons (Fsp3) is 0.562. The highest BCUT2D eigenvalue weighted by molar-refractivity contribution is 5.75. The van der Waals surface area contributed by atoms with Crippen molar-refractivity contribution in [2.75, 3.05) is 0 Å². The Hall–Kier alpha value is -1.71. The van der Waals surface area contributed by atoms with Gasteiger partial charge in [0.2, 0.25) is 0 Å². The first-order chi connectivity index (χ1) is 9.75. The summed E-state index contributed by atoms with van der Waals surface area (Å²) in [7, 11) is 0. The Bertz CT molecular complexity index is 477. The fourth-order valence-corrected chi connectivity index (χ4v) is 2.85. The third kappa shape index (κ3) is 2.89. The van der Waals surface area contributed by atoms with Crippen molar-refractivity contribution in [3.8, 4) is 0 Å². The summed E-state index contributed by atoms with van der Waals surface area (Å²) in [4.78, 5) is 14.5. The van der Waals surface area contributed by atoms with Gasteiger partial charge in [0.1, 0.15) is 5.76 Å². The van der Waals surface area contributed by atoms with Gasteiger partial charge in [0.15, 0.2) is 0 Å². The van der Waals surface area contributed by atoms with Crippen LogP contribution in [0.1, 0.15) is 50.8 Å². The summed E-state index contributed by atoms with van der Waals surface area (Å²) >= 11 is 0. The quantitative estimate of drug-likeness (QED) is 0.852. The lowest BCUT2D eigenvalue weighted by molar-refractivity contribution is 0.162. The van der Waals surface area contributed by atoms with Gasteiger partial charge in [-0.2, -0.15) is 0 Å². The molecule has 0 aliphatic heterocycles. The molecule has 1 heterocycles. The van der Waals surface area contributed by atoms with Gasteiger partial charge in [0.05, 0.1) is 12.3 Å². The molecule has 0 radical (unpaired) electrons. The summed E-state index contributed by atoms with van der Waals surface area (Å²) in [5.74, 6) is 0.857. The average molecular weight is 274 g/mol. The van der Waals surface area contributed by atoms with Gasteiger partial charge in [-0.1, -0.05) is 12.2 Å². The van der Waals surface area contributed by atoms with Crippen LogP contribution in [0.4, 0.5) is 4.79 Å². The van der Waals surface area contributed by atoms with E-state index in [2.05, 4.69) is 17.5 Å². The number of amides is 2. The second-order valence-electron chi connectivity index (χ2n) is 5.76. The molecule has 1 N–H and O–H groups in total. The van der Waals surface area contributed by atoms with E-state index >= 15 is 0 Å². The second-order valence-corrected chi connectivity index (χ2v) is 5.76. The molecule has 2 aliphatic carbocycles. The number of allylic oxidation sites excluding steroid dienone is 1. The molecule has 1 saturated carbocycles. The van der Waals surface area contributed by atoms with Crippen LogP contribution in [0.15, 0.2) is 35.0 Å². The van der Waals surface area contributed by atoms with E-state index in [9.17, 15) is 4.79 Å². The first-order valence-electron chi connectivity index (χ1n) is 7.53. The molecule has 0 bridgehead atoms. The number of nitrogens with one attached hydrogen (secondary N) is 1. The third-order valence-electron chi connectivity index (χ3n) is 4.14. The number of urea groups is 1. The zero-order valence-corrected chi connectivity index (χ0v) is 11.9. The predicted molar refractivity (Wildman–Crippen MR) is 77.3 cm³/mol. The Balaban J connectivity index is 1.67. The van der Waals surface area contributed by atoms with Crippen molar-refractivity contribution in [3.63, 3.8) is 0 Å². The number of carbonyl (C=O) groups excluding carboxylic acids is 1. The summed E-state index contributed by atoms with van der Waals surface area (Å²) in [5, 5.41) is 3.18. The van der Waals surface area contributed by atoms with Crippen LogP contribution < -0.4 is 5.32 Å². The molecule has 2 atom stereocenters. The molecule has 0 unspecified atom stereocenters. The molecule has 2 amide bonds. The van der Waals surface area contributed by atoms with Crippen LogP contribution in [0.25, 0.3) is 0 Å². The van der Waals surface area contributed by atoms with Crippen molar-refractivity contribution in [1.29, 1.82) is 0 Å². The van der Waals surface area contributed by atoms with Gasteiger partial charge < -0.3 is 14.6 Å². The van der Waals surface area contributed by atoms with Crippen LogP contribution in [0.5, 0.6) is 0 Å². The highest BCUT2D eigenvalue weighted by Gasteiger charge is 2.37. The highest BCUT2D eigenvalue weighted by atomic mass is 16.3. The highest BCUT2D eigenvalue weighted by Crippen LogP contribution is 2.34. The van der Waals surface area contributed by atoms with Crippen molar-refractivity contribution in [1.82, 2.24) is 10.2 Å². The predicted octanol–water partition coefficient (Wildman–Crippen LogP) is 3.62. The van der Waals surface area contributed by atoms with E-state index < -0.39 is 0 Å². The van der Waals surface area contributed by atoms with E-state index in [0.29, 0.717) is 6.04 Å². The SMILES string of the molecule is C[C@H](c1ccco1)N(C(=O)N[C@@H]1CC=CCC1)C1CC1. The number of nitrogens with zero attached hydrogens (tertiary/aromatic N) is 1. The van der Waals surface area contributed by atoms with Gasteiger partial charge in [-0.25, -0.2) is 4.79 Å². The topological polar surface area (TPSA) is 45.5 Å². The van der Waals surface area contributed by atoms with Gasteiger partial charge >= 0.3 is 6.03 Å². The monoisotopic (exact) mass is 274 g/mol. The summed E-state index contributed by atoms with van der Waals surface area (Å²) in [6.07, 6.45) is 11.3. The van der Waals surface area contributed by atoms with Crippen molar-refractivity contribution >= 4 is 6.03 Å². The van der Waals surface area contributed by atoms with E-state index in [-0.39, 0.29) is 18.1 Å². The molecule has 3 rings (SSSR count). The zero-order chi connectivity index (χ0) is 13.9. The van der Waals surface area contributed by atoms with Crippen LogP contribution >= 0.6 is 0 Å². The fourth-order valence-electron chi connectivity index (χ4n) is 2.85. The molecule has 108 valence electrons. The number of rotatable bonds is 4. The van der Waals surface area contributed by atoms with E-state index in [1.54, 1.807) is 6.26 Å². The Morgan fingerprint density at radius 1 is 1.40 bits per heavy atom. The molecule has 0 spiro atoms. The van der Waals surface area contributed by atoms with Crippen LogP contribution in [-0.4, -0.2) is 23.0 Å². The Morgan fingerprint density at radius 3 is 2.85 bits per heavy atom. The lowest BCUT2D eigenvalue weighted by atomic mass is 10.0. The molecule has 4 heteroatoms. The molecular weight excluding hydrogens is 252 g/mol. The maximum absolute atomic E-state index is 12.6.